The molecule has 0 aliphatic carbocycles. The number of carbonyl (C=O) groups is 1. The molecule has 29 heavy (non-hydrogen) atoms. The first-order valence-electron chi connectivity index (χ1n) is 10.4. The van der Waals surface area contributed by atoms with Gasteiger partial charge < -0.3 is 9.30 Å². The molecule has 1 aromatic carbocycles. The summed E-state index contributed by atoms with van der Waals surface area (Å²) in [5, 5.41) is 0. The molecule has 1 aliphatic rings. The van der Waals surface area contributed by atoms with Crippen LogP contribution in [0.5, 0.6) is 0 Å². The van der Waals surface area contributed by atoms with Crippen LogP contribution >= 0.6 is 11.8 Å². The van der Waals surface area contributed by atoms with Gasteiger partial charge in [-0.15, -0.1) is 0 Å². The molecule has 0 N–H and O–H groups in total. The van der Waals surface area contributed by atoms with Crippen LogP contribution in [0.15, 0.2) is 46.2 Å². The predicted octanol–water partition coefficient (Wildman–Crippen LogP) is 5.90. The third kappa shape index (κ3) is 5.61. The smallest absolute Gasteiger partial charge is 0.153 e. The fraction of sp³-hybridized carbons (Fsp3) is 0.500. The Bertz CT molecular complexity index is 928. The van der Waals surface area contributed by atoms with Crippen molar-refractivity contribution in [3.05, 3.63) is 47.2 Å². The quantitative estimate of drug-likeness (QED) is 0.336. The van der Waals surface area contributed by atoms with Crippen molar-refractivity contribution in [3.63, 3.8) is 0 Å². The average molecular weight is 413 g/mol. The van der Waals surface area contributed by atoms with E-state index in [2.05, 4.69) is 43.5 Å². The zero-order valence-corrected chi connectivity index (χ0v) is 19.0. The Balaban J connectivity index is 1.97. The van der Waals surface area contributed by atoms with E-state index in [1.807, 2.05) is 19.1 Å². The Hall–Kier alpha value is -1.85. The van der Waals surface area contributed by atoms with Crippen molar-refractivity contribution in [2.45, 2.75) is 64.3 Å². The van der Waals surface area contributed by atoms with E-state index in [1.165, 1.54) is 5.52 Å². The topological polar surface area (TPSA) is 44.1 Å². The van der Waals surface area contributed by atoms with Crippen molar-refractivity contribution < 1.29 is 9.53 Å². The Kier molecular flexibility index (Phi) is 7.01. The lowest BCUT2D eigenvalue weighted by atomic mass is 9.94. The molecule has 3 rings (SSSR count). The number of carbonyl (C=O) groups excluding carboxylic acids is 1. The maximum atomic E-state index is 11.5. The van der Waals surface area contributed by atoms with E-state index >= 15 is 0 Å². The Morgan fingerprint density at radius 1 is 1.31 bits per heavy atom. The molecule has 4 nitrogen and oxygen atoms in total. The number of thioether (sulfide) groups is 1. The molecule has 0 saturated carbocycles. The zero-order valence-electron chi connectivity index (χ0n) is 18.2. The molecule has 2 aromatic rings. The third-order valence-corrected chi connectivity index (χ3v) is 6.06. The van der Waals surface area contributed by atoms with E-state index in [1.54, 1.807) is 24.8 Å². The van der Waals surface area contributed by atoms with Gasteiger partial charge in [0.25, 0.3) is 0 Å². The van der Waals surface area contributed by atoms with E-state index in [9.17, 15) is 4.79 Å². The largest absolute Gasteiger partial charge is 0.381 e. The number of aromatic nitrogens is 2. The van der Waals surface area contributed by atoms with Crippen LogP contribution < -0.4 is 0 Å². The molecular formula is C24H32N2O2S. The van der Waals surface area contributed by atoms with Gasteiger partial charge in [0.2, 0.25) is 0 Å². The lowest BCUT2D eigenvalue weighted by molar-refractivity contribution is -0.112. The molecule has 5 heteroatoms. The SMILES string of the molecule is C/C=C\C(=C/C(C)=O)Sc1ccc2c(c1)nc(C(C)(C)C)n2CC1CCOCC1. The normalized spacial score (nSPS) is 16.8. The van der Waals surface area contributed by atoms with Crippen molar-refractivity contribution >= 4 is 28.6 Å². The zero-order chi connectivity index (χ0) is 21.0. The Morgan fingerprint density at radius 3 is 2.66 bits per heavy atom. The molecule has 156 valence electrons. The third-order valence-electron chi connectivity index (χ3n) is 5.08. The van der Waals surface area contributed by atoms with Crippen molar-refractivity contribution in [1.29, 1.82) is 0 Å². The summed E-state index contributed by atoms with van der Waals surface area (Å²) in [5.41, 5.74) is 2.19. The van der Waals surface area contributed by atoms with Gasteiger partial charge in [0, 0.05) is 35.0 Å². The number of rotatable bonds is 6. The molecule has 0 spiro atoms. The standard InChI is InChI=1S/C24H32N2O2S/c1-6-7-19(14-17(2)27)29-20-8-9-22-21(15-20)25-23(24(3,4)5)26(22)16-18-10-12-28-13-11-18/h6-9,14-15,18H,10-13,16H2,1-5H3/b7-6-,19-14+. The number of fused-ring (bicyclic) bond motifs is 1. The predicted molar refractivity (Wildman–Crippen MR) is 121 cm³/mol. The number of allylic oxidation sites excluding steroid dienone is 3. The van der Waals surface area contributed by atoms with Crippen molar-refractivity contribution in [2.75, 3.05) is 13.2 Å². The highest BCUT2D eigenvalue weighted by atomic mass is 32.2. The summed E-state index contributed by atoms with van der Waals surface area (Å²) in [6, 6.07) is 6.46. The van der Waals surface area contributed by atoms with Crippen LogP contribution in [0.2, 0.25) is 0 Å². The summed E-state index contributed by atoms with van der Waals surface area (Å²) in [7, 11) is 0. The van der Waals surface area contributed by atoms with Gasteiger partial charge >= 0.3 is 0 Å². The second-order valence-electron chi connectivity index (χ2n) is 8.76. The molecule has 0 bridgehead atoms. The molecule has 1 fully saturated rings. The highest BCUT2D eigenvalue weighted by Crippen LogP contribution is 2.33. The van der Waals surface area contributed by atoms with Gasteiger partial charge in [-0.2, -0.15) is 0 Å². The van der Waals surface area contributed by atoms with Gasteiger partial charge in [0.15, 0.2) is 5.78 Å². The number of ether oxygens (including phenoxy) is 1. The number of hydrogen-bond acceptors (Lipinski definition) is 4. The van der Waals surface area contributed by atoms with Crippen LogP contribution in [0.4, 0.5) is 0 Å². The fourth-order valence-corrected chi connectivity index (χ4v) is 4.74. The first-order chi connectivity index (χ1) is 13.8. The van der Waals surface area contributed by atoms with Crippen molar-refractivity contribution in [3.8, 4) is 0 Å². The first-order valence-corrected chi connectivity index (χ1v) is 11.2. The number of hydrogen-bond donors (Lipinski definition) is 0. The molecular weight excluding hydrogens is 380 g/mol. The Morgan fingerprint density at radius 2 is 2.03 bits per heavy atom. The molecule has 1 aromatic heterocycles. The second kappa shape index (κ2) is 9.31. The summed E-state index contributed by atoms with van der Waals surface area (Å²) in [5.74, 6) is 1.83. The lowest BCUT2D eigenvalue weighted by Gasteiger charge is -2.26. The van der Waals surface area contributed by atoms with E-state index in [0.717, 1.165) is 53.7 Å². The molecule has 1 aliphatic heterocycles. The molecule has 2 heterocycles. The van der Waals surface area contributed by atoms with Crippen LogP contribution in [-0.4, -0.2) is 28.5 Å². The summed E-state index contributed by atoms with van der Waals surface area (Å²) >= 11 is 1.60. The fourth-order valence-electron chi connectivity index (χ4n) is 3.73. The maximum Gasteiger partial charge on any atom is 0.153 e. The second-order valence-corrected chi connectivity index (χ2v) is 9.91. The summed E-state index contributed by atoms with van der Waals surface area (Å²) in [4.78, 5) is 18.6. The van der Waals surface area contributed by atoms with Crippen LogP contribution in [-0.2, 0) is 21.5 Å². The minimum Gasteiger partial charge on any atom is -0.381 e. The van der Waals surface area contributed by atoms with Gasteiger partial charge in [-0.05, 0) is 56.9 Å². The van der Waals surface area contributed by atoms with E-state index in [-0.39, 0.29) is 11.2 Å². The maximum absolute atomic E-state index is 11.5. The lowest BCUT2D eigenvalue weighted by Crippen LogP contribution is -2.25. The van der Waals surface area contributed by atoms with Gasteiger partial charge in [-0.3, -0.25) is 4.79 Å². The first kappa shape index (κ1) is 21.8. The van der Waals surface area contributed by atoms with Crippen LogP contribution in [0.3, 0.4) is 0 Å². The van der Waals surface area contributed by atoms with Gasteiger partial charge in [0.05, 0.1) is 11.0 Å². The number of ketones is 1. The van der Waals surface area contributed by atoms with E-state index in [0.29, 0.717) is 5.92 Å². The highest BCUT2D eigenvalue weighted by molar-refractivity contribution is 8.03. The van der Waals surface area contributed by atoms with Gasteiger partial charge in [0.1, 0.15) is 5.82 Å². The Labute approximate surface area is 178 Å². The highest BCUT2D eigenvalue weighted by Gasteiger charge is 2.25. The summed E-state index contributed by atoms with van der Waals surface area (Å²) < 4.78 is 7.96. The molecule has 0 unspecified atom stereocenters. The van der Waals surface area contributed by atoms with E-state index < -0.39 is 0 Å². The molecule has 0 atom stereocenters. The van der Waals surface area contributed by atoms with E-state index in [4.69, 9.17) is 9.72 Å². The monoisotopic (exact) mass is 412 g/mol. The molecule has 0 radical (unpaired) electrons. The van der Waals surface area contributed by atoms with Crippen LogP contribution in [0, 0.1) is 5.92 Å². The number of imidazole rings is 1. The summed E-state index contributed by atoms with van der Waals surface area (Å²) in [6.45, 7) is 12.9. The minimum atomic E-state index is -0.0257. The van der Waals surface area contributed by atoms with Crippen molar-refractivity contribution in [2.24, 2.45) is 5.92 Å². The number of benzene rings is 1. The molecule has 0 amide bonds. The molecule has 1 saturated heterocycles. The van der Waals surface area contributed by atoms with Crippen molar-refractivity contribution in [1.82, 2.24) is 9.55 Å². The van der Waals surface area contributed by atoms with Crippen LogP contribution in [0.25, 0.3) is 11.0 Å². The minimum absolute atomic E-state index is 0.0257. The van der Waals surface area contributed by atoms with Gasteiger partial charge in [-0.1, -0.05) is 44.7 Å². The average Bonchev–Trinajstić information content (AvgIpc) is 3.00. The summed E-state index contributed by atoms with van der Waals surface area (Å²) in [6.07, 6.45) is 7.83. The van der Waals surface area contributed by atoms with Crippen LogP contribution in [0.1, 0.15) is 53.3 Å². The number of nitrogens with zero attached hydrogens (tertiary/aromatic N) is 2. The van der Waals surface area contributed by atoms with Gasteiger partial charge in [-0.25, -0.2) is 4.98 Å².